The highest BCUT2D eigenvalue weighted by atomic mass is 32.1. The summed E-state index contributed by atoms with van der Waals surface area (Å²) in [5.41, 5.74) is 6.63. The third-order valence-corrected chi connectivity index (χ3v) is 11.9. The van der Waals surface area contributed by atoms with Gasteiger partial charge in [0.1, 0.15) is 16.7 Å². The molecule has 11 rings (SSSR count). The SMILES string of the molecule is c1ccc2c(c1)oc1c2cc(N(c2cccc3c2sc2ccccc23)c2cccc3c2sc2ccccc23)c2oc3ccccc3c21. The molecule has 0 aliphatic heterocycles. The second-order valence-corrected chi connectivity index (χ2v) is 14.1. The molecule has 0 saturated carbocycles. The number of hydrogen-bond donors (Lipinski definition) is 0. The predicted octanol–water partition coefficient (Wildman–Crippen LogP) is 13.7. The van der Waals surface area contributed by atoms with E-state index in [0.29, 0.717) is 0 Å². The fourth-order valence-corrected chi connectivity index (χ4v) is 9.83. The average Bonchev–Trinajstić information content (AvgIpc) is 3.89. The highest BCUT2D eigenvalue weighted by molar-refractivity contribution is 7.27. The van der Waals surface area contributed by atoms with Crippen molar-refractivity contribution in [2.24, 2.45) is 0 Å². The van der Waals surface area contributed by atoms with E-state index in [9.17, 15) is 0 Å². The molecule has 11 aromatic rings. The van der Waals surface area contributed by atoms with Gasteiger partial charge in [0.2, 0.25) is 0 Å². The van der Waals surface area contributed by atoms with E-state index in [1.165, 1.54) is 40.3 Å². The van der Waals surface area contributed by atoms with Crippen molar-refractivity contribution in [1.82, 2.24) is 0 Å². The molecule has 4 aromatic heterocycles. The maximum Gasteiger partial charge on any atom is 0.163 e. The first-order chi connectivity index (χ1) is 23.3. The van der Waals surface area contributed by atoms with Crippen LogP contribution in [-0.2, 0) is 0 Å². The molecule has 0 N–H and O–H groups in total. The van der Waals surface area contributed by atoms with Gasteiger partial charge >= 0.3 is 0 Å². The van der Waals surface area contributed by atoms with Crippen molar-refractivity contribution in [3.63, 3.8) is 0 Å². The van der Waals surface area contributed by atoms with Crippen LogP contribution in [-0.4, -0.2) is 0 Å². The van der Waals surface area contributed by atoms with Crippen LogP contribution in [0.1, 0.15) is 0 Å². The normalized spacial score (nSPS) is 12.3. The van der Waals surface area contributed by atoms with Gasteiger partial charge in [-0.1, -0.05) is 97.1 Å². The Hall–Kier alpha value is -5.62. The Labute approximate surface area is 276 Å². The van der Waals surface area contributed by atoms with Crippen LogP contribution in [0.15, 0.2) is 148 Å². The fourth-order valence-electron chi connectivity index (χ4n) is 7.42. The van der Waals surface area contributed by atoms with Gasteiger partial charge in [0.15, 0.2) is 5.58 Å². The summed E-state index contributed by atoms with van der Waals surface area (Å²) in [4.78, 5) is 2.45. The van der Waals surface area contributed by atoms with E-state index in [0.717, 1.165) is 60.9 Å². The van der Waals surface area contributed by atoms with Crippen LogP contribution < -0.4 is 4.90 Å². The highest BCUT2D eigenvalue weighted by Gasteiger charge is 2.27. The zero-order chi connectivity index (χ0) is 30.6. The van der Waals surface area contributed by atoms with Gasteiger partial charge in [-0.05, 0) is 42.5 Å². The molecule has 0 saturated heterocycles. The minimum atomic E-state index is 0.814. The zero-order valence-corrected chi connectivity index (χ0v) is 26.5. The smallest absolute Gasteiger partial charge is 0.163 e. The molecule has 0 unspecified atom stereocenters. The lowest BCUT2D eigenvalue weighted by molar-refractivity contribution is 0.663. The molecular formula is C42H23NO2S2. The first-order valence-corrected chi connectivity index (χ1v) is 17.3. The van der Waals surface area contributed by atoms with E-state index >= 15 is 0 Å². The van der Waals surface area contributed by atoms with Gasteiger partial charge in [0.05, 0.1) is 31.8 Å². The van der Waals surface area contributed by atoms with Crippen LogP contribution in [0.25, 0.3) is 84.2 Å². The molecule has 0 amide bonds. The van der Waals surface area contributed by atoms with Gasteiger partial charge in [0.25, 0.3) is 0 Å². The fraction of sp³-hybridized carbons (Fsp3) is 0. The molecule has 0 atom stereocenters. The Bertz CT molecular complexity index is 2930. The average molecular weight is 638 g/mol. The largest absolute Gasteiger partial charge is 0.455 e. The van der Waals surface area contributed by atoms with Crippen molar-refractivity contribution < 1.29 is 8.83 Å². The van der Waals surface area contributed by atoms with Crippen LogP contribution in [0.4, 0.5) is 17.1 Å². The first kappa shape index (κ1) is 25.6. The van der Waals surface area contributed by atoms with Crippen molar-refractivity contribution in [3.05, 3.63) is 140 Å². The van der Waals surface area contributed by atoms with Crippen LogP contribution in [0, 0.1) is 0 Å². The molecule has 0 spiro atoms. The maximum absolute atomic E-state index is 6.86. The van der Waals surface area contributed by atoms with E-state index in [1.807, 2.05) is 34.8 Å². The number of benzene rings is 7. The van der Waals surface area contributed by atoms with E-state index in [-0.39, 0.29) is 0 Å². The molecule has 5 heteroatoms. The number of thiophene rings is 2. The predicted molar refractivity (Wildman–Crippen MR) is 201 cm³/mol. The van der Waals surface area contributed by atoms with Crippen molar-refractivity contribution in [3.8, 4) is 0 Å². The summed E-state index contributed by atoms with van der Waals surface area (Å²) in [5, 5.41) is 9.29. The quantitative estimate of drug-likeness (QED) is 0.193. The number of hydrogen-bond acceptors (Lipinski definition) is 5. The van der Waals surface area contributed by atoms with Crippen LogP contribution in [0.5, 0.6) is 0 Å². The Kier molecular flexibility index (Phi) is 5.14. The highest BCUT2D eigenvalue weighted by Crippen LogP contribution is 2.52. The van der Waals surface area contributed by atoms with Crippen molar-refractivity contribution in [2.75, 3.05) is 4.90 Å². The zero-order valence-electron chi connectivity index (χ0n) is 24.9. The minimum absolute atomic E-state index is 0.814. The van der Waals surface area contributed by atoms with Crippen LogP contribution in [0.3, 0.4) is 0 Å². The maximum atomic E-state index is 6.86. The minimum Gasteiger partial charge on any atom is -0.455 e. The second kappa shape index (κ2) is 9.46. The Balaban J connectivity index is 1.35. The first-order valence-electron chi connectivity index (χ1n) is 15.7. The van der Waals surface area contributed by atoms with Crippen molar-refractivity contribution >= 4 is 124 Å². The Morgan fingerprint density at radius 3 is 1.51 bits per heavy atom. The van der Waals surface area contributed by atoms with Gasteiger partial charge in [-0.3, -0.25) is 0 Å². The lowest BCUT2D eigenvalue weighted by Crippen LogP contribution is -2.10. The standard InChI is InChI=1S/C42H23NO2S2/c1-5-19-34-24(11-1)30-23-33(40-38(39(30)44-34)29-14-2-6-20-35(29)45-40)43(31-17-9-15-27-25-12-3-7-21-36(25)46-41(27)31)32-18-10-16-28-26-13-4-8-22-37(26)47-42(28)32/h1-23H. The molecule has 3 nitrogen and oxygen atoms in total. The van der Waals surface area contributed by atoms with E-state index in [2.05, 4.69) is 132 Å². The summed E-state index contributed by atoms with van der Waals surface area (Å²) in [6, 6.07) is 49.7. The number of anilines is 3. The Morgan fingerprint density at radius 2 is 0.872 bits per heavy atom. The van der Waals surface area contributed by atoms with Gasteiger partial charge in [-0.2, -0.15) is 0 Å². The molecule has 0 fully saturated rings. The number of para-hydroxylation sites is 2. The number of rotatable bonds is 3. The molecule has 7 aromatic carbocycles. The third kappa shape index (κ3) is 3.50. The molecule has 4 heterocycles. The summed E-state index contributed by atoms with van der Waals surface area (Å²) in [5.74, 6) is 0. The van der Waals surface area contributed by atoms with Crippen LogP contribution >= 0.6 is 22.7 Å². The summed E-state index contributed by atoms with van der Waals surface area (Å²) in [6.07, 6.45) is 0. The van der Waals surface area contributed by atoms with Gasteiger partial charge in [-0.25, -0.2) is 0 Å². The molecule has 0 bridgehead atoms. The molecule has 47 heavy (non-hydrogen) atoms. The lowest BCUT2D eigenvalue weighted by atomic mass is 10.0. The lowest BCUT2D eigenvalue weighted by Gasteiger charge is -2.27. The van der Waals surface area contributed by atoms with E-state index in [1.54, 1.807) is 0 Å². The molecule has 220 valence electrons. The Morgan fingerprint density at radius 1 is 0.383 bits per heavy atom. The van der Waals surface area contributed by atoms with Crippen molar-refractivity contribution in [1.29, 1.82) is 0 Å². The van der Waals surface area contributed by atoms with Crippen molar-refractivity contribution in [2.45, 2.75) is 0 Å². The van der Waals surface area contributed by atoms with Crippen LogP contribution in [0.2, 0.25) is 0 Å². The molecule has 0 radical (unpaired) electrons. The van der Waals surface area contributed by atoms with Gasteiger partial charge in [0, 0.05) is 47.1 Å². The molecule has 0 aliphatic carbocycles. The topological polar surface area (TPSA) is 29.5 Å². The van der Waals surface area contributed by atoms with E-state index < -0.39 is 0 Å². The molecule has 0 aliphatic rings. The summed E-state index contributed by atoms with van der Waals surface area (Å²) < 4.78 is 18.5. The van der Waals surface area contributed by atoms with Gasteiger partial charge in [-0.15, -0.1) is 22.7 Å². The summed E-state index contributed by atoms with van der Waals surface area (Å²) in [6.45, 7) is 0. The van der Waals surface area contributed by atoms with Gasteiger partial charge < -0.3 is 13.7 Å². The summed E-state index contributed by atoms with van der Waals surface area (Å²) in [7, 11) is 0. The second-order valence-electron chi connectivity index (χ2n) is 12.0. The summed E-state index contributed by atoms with van der Waals surface area (Å²) >= 11 is 3.69. The monoisotopic (exact) mass is 637 g/mol. The van der Waals surface area contributed by atoms with E-state index in [4.69, 9.17) is 8.83 Å². The number of fused-ring (bicyclic) bond motifs is 13. The molecular weight excluding hydrogens is 615 g/mol. The number of furan rings is 2. The third-order valence-electron chi connectivity index (χ3n) is 9.46. The number of nitrogens with zero attached hydrogens (tertiary/aromatic N) is 1.